The van der Waals surface area contributed by atoms with Crippen molar-refractivity contribution in [2.45, 2.75) is 35.5 Å². The van der Waals surface area contributed by atoms with Crippen LogP contribution in [0.25, 0.3) is 22.7 Å². The molecule has 0 nitrogen and oxygen atoms in total. The van der Waals surface area contributed by atoms with Gasteiger partial charge in [0, 0.05) is 14.5 Å². The van der Waals surface area contributed by atoms with E-state index >= 15 is 0 Å². The maximum atomic E-state index is 4.52. The van der Waals surface area contributed by atoms with Crippen LogP contribution in [-0.4, -0.2) is 0 Å². The maximum absolute atomic E-state index is 4.52. The van der Waals surface area contributed by atoms with E-state index in [1.165, 1.54) is 52.3 Å². The summed E-state index contributed by atoms with van der Waals surface area (Å²) in [6.45, 7) is 4.52. The fraction of sp³-hybridized carbons (Fsp3) is 0.133. The molecule has 1 aromatic heterocycles. The Morgan fingerprint density at radius 2 is 1.85 bits per heavy atom. The first-order valence-corrected chi connectivity index (χ1v) is 13.9. The van der Waals surface area contributed by atoms with Gasteiger partial charge in [0.05, 0.1) is 0 Å². The second kappa shape index (κ2) is 9.06. The van der Waals surface area contributed by atoms with E-state index < -0.39 is 0 Å². The molecule has 2 aliphatic rings. The van der Waals surface area contributed by atoms with Crippen molar-refractivity contribution in [3.63, 3.8) is 0 Å². The highest BCUT2D eigenvalue weighted by molar-refractivity contribution is 8.03. The van der Waals surface area contributed by atoms with Gasteiger partial charge < -0.3 is 0 Å². The number of fused-ring (bicyclic) bond motifs is 3. The van der Waals surface area contributed by atoms with E-state index in [0.29, 0.717) is 0 Å². The molecule has 6 rings (SSSR count). The molecule has 2 aliphatic heterocycles. The average molecular weight is 481 g/mol. The predicted octanol–water partition coefficient (Wildman–Crippen LogP) is 7.47. The number of rotatable bonds is 4. The first-order chi connectivity index (χ1) is 16.2. The van der Waals surface area contributed by atoms with Crippen LogP contribution >= 0.6 is 34.9 Å². The molecule has 0 amide bonds. The van der Waals surface area contributed by atoms with Crippen LogP contribution in [0.3, 0.4) is 0 Å². The van der Waals surface area contributed by atoms with Gasteiger partial charge in [-0.3, -0.25) is 0 Å². The highest BCUT2D eigenvalue weighted by atomic mass is 32.2. The average Bonchev–Trinajstić information content (AvgIpc) is 3.33. The highest BCUT2D eigenvalue weighted by Gasteiger charge is 2.14. The molecule has 4 aromatic rings. The number of hydrogen-bond donors (Lipinski definition) is 0. The summed E-state index contributed by atoms with van der Waals surface area (Å²) in [6.07, 6.45) is 11.2. The molecule has 0 N–H and O–H groups in total. The molecule has 0 atom stereocenters. The van der Waals surface area contributed by atoms with Crippen LogP contribution in [0.4, 0.5) is 0 Å². The molecule has 0 spiro atoms. The van der Waals surface area contributed by atoms with Crippen LogP contribution < -0.4 is 10.4 Å². The van der Waals surface area contributed by atoms with E-state index in [0.717, 1.165) is 30.9 Å². The zero-order valence-corrected chi connectivity index (χ0v) is 20.8. The quantitative estimate of drug-likeness (QED) is 0.297. The Hall–Kier alpha value is -2.46. The maximum Gasteiger partial charge on any atom is 0.0345 e. The van der Waals surface area contributed by atoms with E-state index in [1.807, 2.05) is 34.9 Å². The summed E-state index contributed by atoms with van der Waals surface area (Å²) in [7, 11) is 0. The van der Waals surface area contributed by atoms with Gasteiger partial charge in [0.15, 0.2) is 0 Å². The Labute approximate surface area is 207 Å². The van der Waals surface area contributed by atoms with Crippen LogP contribution in [0.2, 0.25) is 0 Å². The van der Waals surface area contributed by atoms with Crippen LogP contribution in [0.5, 0.6) is 0 Å². The Morgan fingerprint density at radius 1 is 0.909 bits per heavy atom. The molecule has 0 fully saturated rings. The molecule has 3 heterocycles. The van der Waals surface area contributed by atoms with E-state index in [-0.39, 0.29) is 0 Å². The van der Waals surface area contributed by atoms with Gasteiger partial charge >= 0.3 is 0 Å². The molecule has 0 radical (unpaired) electrons. The fourth-order valence-electron chi connectivity index (χ4n) is 4.57. The molecule has 0 saturated carbocycles. The molecule has 3 heteroatoms. The molecule has 3 aromatic carbocycles. The molecule has 0 saturated heterocycles. The Morgan fingerprint density at radius 3 is 2.82 bits per heavy atom. The lowest BCUT2D eigenvalue weighted by Crippen LogP contribution is -2.27. The number of aryl methyl sites for hydroxylation is 1. The Bertz CT molecular complexity index is 1530. The van der Waals surface area contributed by atoms with E-state index in [4.69, 9.17) is 0 Å². The normalized spacial score (nSPS) is 15.4. The second-order valence-corrected chi connectivity index (χ2v) is 11.6. The Balaban J connectivity index is 1.25. The molecule has 0 unspecified atom stereocenters. The predicted molar refractivity (Wildman–Crippen MR) is 148 cm³/mol. The first kappa shape index (κ1) is 21.1. The number of benzene rings is 3. The third-order valence-electron chi connectivity index (χ3n) is 6.40. The minimum Gasteiger partial charge on any atom is -0.144 e. The minimum atomic E-state index is 1.01. The summed E-state index contributed by atoms with van der Waals surface area (Å²) in [6, 6.07) is 20.3. The van der Waals surface area contributed by atoms with Crippen molar-refractivity contribution < 1.29 is 0 Å². The standard InChI is InChI=1S/C30H24S3/c1-20-25(19-26-5-2-4-23-6-3-16-32-30(23)26)11-10-24-12-14-27(33-29(20)24)13-8-21-7-9-22-15-17-31-28(22)18-21/h2-5,7,9-11,14-19H,1,6,8,12-13H2/b25-19-. The third kappa shape index (κ3) is 4.26. The van der Waals surface area contributed by atoms with E-state index in [2.05, 4.69) is 90.2 Å². The summed E-state index contributed by atoms with van der Waals surface area (Å²) < 4.78 is 1.39. The van der Waals surface area contributed by atoms with Crippen molar-refractivity contribution in [1.29, 1.82) is 0 Å². The van der Waals surface area contributed by atoms with Crippen LogP contribution in [0.1, 0.15) is 28.7 Å². The molecule has 33 heavy (non-hydrogen) atoms. The molecule has 0 aliphatic carbocycles. The summed E-state index contributed by atoms with van der Waals surface area (Å²) in [5, 5.41) is 8.13. The molecule has 162 valence electrons. The van der Waals surface area contributed by atoms with Gasteiger partial charge in [-0.2, -0.15) is 0 Å². The smallest absolute Gasteiger partial charge is 0.0345 e. The fourth-order valence-corrected chi connectivity index (χ4v) is 7.47. The van der Waals surface area contributed by atoms with E-state index in [1.54, 1.807) is 0 Å². The van der Waals surface area contributed by atoms with Gasteiger partial charge in [-0.25, -0.2) is 0 Å². The van der Waals surface area contributed by atoms with Gasteiger partial charge in [0.2, 0.25) is 0 Å². The van der Waals surface area contributed by atoms with Gasteiger partial charge in [0.1, 0.15) is 0 Å². The number of thiophene rings is 1. The van der Waals surface area contributed by atoms with Gasteiger partial charge in [-0.1, -0.05) is 84.7 Å². The van der Waals surface area contributed by atoms with Crippen molar-refractivity contribution >= 4 is 57.6 Å². The number of hydrogen-bond acceptors (Lipinski definition) is 3. The van der Waals surface area contributed by atoms with Crippen LogP contribution in [0.15, 0.2) is 92.2 Å². The molecular weight excluding hydrogens is 457 g/mol. The zero-order chi connectivity index (χ0) is 22.2. The summed E-state index contributed by atoms with van der Waals surface area (Å²) >= 11 is 5.59. The van der Waals surface area contributed by atoms with Crippen molar-refractivity contribution in [2.75, 3.05) is 0 Å². The van der Waals surface area contributed by atoms with Gasteiger partial charge in [-0.15, -0.1) is 11.3 Å². The topological polar surface area (TPSA) is 0 Å². The van der Waals surface area contributed by atoms with Gasteiger partial charge in [0.25, 0.3) is 0 Å². The summed E-state index contributed by atoms with van der Waals surface area (Å²) in [5.41, 5.74) is 5.54. The Kier molecular flexibility index (Phi) is 5.79. The molecule has 0 bridgehead atoms. The van der Waals surface area contributed by atoms with Crippen molar-refractivity contribution in [3.8, 4) is 0 Å². The lowest BCUT2D eigenvalue weighted by molar-refractivity contribution is 0.972. The highest BCUT2D eigenvalue weighted by Crippen LogP contribution is 2.35. The van der Waals surface area contributed by atoms with Crippen LogP contribution in [0, 0.1) is 0 Å². The van der Waals surface area contributed by atoms with Crippen molar-refractivity contribution in [3.05, 3.63) is 115 Å². The third-order valence-corrected chi connectivity index (χ3v) is 9.69. The summed E-state index contributed by atoms with van der Waals surface area (Å²) in [5.74, 6) is 0. The first-order valence-electron chi connectivity index (χ1n) is 11.3. The minimum absolute atomic E-state index is 1.01. The zero-order valence-electron chi connectivity index (χ0n) is 18.3. The monoisotopic (exact) mass is 480 g/mol. The SMILES string of the molecule is C=c1c2c(cc/c1=C/c1cccc3c1SC=CC3)CC=C(CCc1ccc3ccsc3c1)S2. The second-order valence-electron chi connectivity index (χ2n) is 8.56. The number of thioether (sulfide) groups is 2. The van der Waals surface area contributed by atoms with Gasteiger partial charge in [-0.05, 0) is 97.7 Å². The van der Waals surface area contributed by atoms with Crippen LogP contribution in [-0.2, 0) is 19.3 Å². The lowest BCUT2D eigenvalue weighted by Gasteiger charge is -2.18. The molecular formula is C30H24S3. The summed E-state index contributed by atoms with van der Waals surface area (Å²) in [4.78, 5) is 4.20. The largest absolute Gasteiger partial charge is 0.144 e. The van der Waals surface area contributed by atoms with E-state index in [9.17, 15) is 0 Å². The van der Waals surface area contributed by atoms with Crippen molar-refractivity contribution in [1.82, 2.24) is 0 Å². The van der Waals surface area contributed by atoms with Crippen molar-refractivity contribution in [2.24, 2.45) is 0 Å². The lowest BCUT2D eigenvalue weighted by atomic mass is 10.0. The number of allylic oxidation sites excluding steroid dienone is 3.